The molecule has 7 nitrogen and oxygen atoms in total. The molecule has 2 aromatic carbocycles. The van der Waals surface area contributed by atoms with Gasteiger partial charge in [-0.25, -0.2) is 4.39 Å². The van der Waals surface area contributed by atoms with Crippen LogP contribution in [0.2, 0.25) is 0 Å². The molecule has 0 bridgehead atoms. The highest BCUT2D eigenvalue weighted by Gasteiger charge is 2.20. The van der Waals surface area contributed by atoms with Crippen molar-refractivity contribution in [3.05, 3.63) is 75.6 Å². The number of ether oxygens (including phenoxy) is 1. The molecular formula is C21H22FN3O4. The van der Waals surface area contributed by atoms with E-state index in [1.54, 1.807) is 36.3 Å². The zero-order valence-corrected chi connectivity index (χ0v) is 16.1. The Kier molecular flexibility index (Phi) is 6.56. The summed E-state index contributed by atoms with van der Waals surface area (Å²) in [7, 11) is 1.56. The summed E-state index contributed by atoms with van der Waals surface area (Å²) in [5.41, 5.74) is 1.36. The number of hydrogen-bond donors (Lipinski definition) is 0. The van der Waals surface area contributed by atoms with Crippen LogP contribution in [0.25, 0.3) is 6.08 Å². The summed E-state index contributed by atoms with van der Waals surface area (Å²) in [6, 6.07) is 10.6. The van der Waals surface area contributed by atoms with Gasteiger partial charge < -0.3 is 9.64 Å². The molecule has 0 spiro atoms. The third kappa shape index (κ3) is 5.39. The van der Waals surface area contributed by atoms with E-state index in [-0.39, 0.29) is 17.4 Å². The Bertz CT molecular complexity index is 924. The Labute approximate surface area is 168 Å². The van der Waals surface area contributed by atoms with Crippen LogP contribution in [0.4, 0.5) is 10.1 Å². The molecule has 1 heterocycles. The van der Waals surface area contributed by atoms with Gasteiger partial charge in [0.05, 0.1) is 12.0 Å². The minimum absolute atomic E-state index is 0.0130. The summed E-state index contributed by atoms with van der Waals surface area (Å²) >= 11 is 0. The van der Waals surface area contributed by atoms with E-state index in [4.69, 9.17) is 4.74 Å². The standard InChI is InChI=1S/C21H22FN3O4/c1-29-20-7-6-18(22)14-17(20)15-23-9-11-24(12-10-23)21(26)8-5-16-3-2-4-19(13-16)25(27)28/h2-8,13-14H,9-12,15H2,1H3/b8-5+. The second-order valence-electron chi connectivity index (χ2n) is 6.74. The molecule has 0 unspecified atom stereocenters. The normalized spacial score (nSPS) is 14.9. The fourth-order valence-electron chi connectivity index (χ4n) is 3.25. The molecule has 1 aliphatic rings. The van der Waals surface area contributed by atoms with Gasteiger partial charge in [0.2, 0.25) is 5.91 Å². The number of carbonyl (C=O) groups is 1. The van der Waals surface area contributed by atoms with Gasteiger partial charge in [0.1, 0.15) is 11.6 Å². The number of amides is 1. The van der Waals surface area contributed by atoms with Gasteiger partial charge >= 0.3 is 0 Å². The highest BCUT2D eigenvalue weighted by molar-refractivity contribution is 5.91. The van der Waals surface area contributed by atoms with Crippen molar-refractivity contribution < 1.29 is 18.8 Å². The molecule has 0 aliphatic carbocycles. The van der Waals surface area contributed by atoms with E-state index >= 15 is 0 Å². The van der Waals surface area contributed by atoms with Crippen molar-refractivity contribution in [3.63, 3.8) is 0 Å². The fraction of sp³-hybridized carbons (Fsp3) is 0.286. The molecule has 0 atom stereocenters. The molecule has 1 amide bonds. The molecule has 8 heteroatoms. The maximum Gasteiger partial charge on any atom is 0.270 e. The fourth-order valence-corrected chi connectivity index (χ4v) is 3.25. The van der Waals surface area contributed by atoms with Crippen LogP contribution in [-0.4, -0.2) is 53.9 Å². The highest BCUT2D eigenvalue weighted by atomic mass is 19.1. The lowest BCUT2D eigenvalue weighted by atomic mass is 10.1. The monoisotopic (exact) mass is 399 g/mol. The Hall–Kier alpha value is -3.26. The van der Waals surface area contributed by atoms with Crippen molar-refractivity contribution >= 4 is 17.7 Å². The SMILES string of the molecule is COc1ccc(F)cc1CN1CCN(C(=O)/C=C/c2cccc([N+](=O)[O-])c2)CC1. The van der Waals surface area contributed by atoms with Crippen molar-refractivity contribution in [1.29, 1.82) is 0 Å². The third-order valence-corrected chi connectivity index (χ3v) is 4.82. The van der Waals surface area contributed by atoms with Crippen LogP contribution in [0.5, 0.6) is 5.75 Å². The van der Waals surface area contributed by atoms with E-state index in [1.165, 1.54) is 30.3 Å². The maximum atomic E-state index is 13.5. The Morgan fingerprint density at radius 2 is 1.97 bits per heavy atom. The predicted octanol–water partition coefficient (Wildman–Crippen LogP) is 3.10. The van der Waals surface area contributed by atoms with Crippen LogP contribution >= 0.6 is 0 Å². The number of hydrogen-bond acceptors (Lipinski definition) is 5. The van der Waals surface area contributed by atoms with Crippen LogP contribution in [0.3, 0.4) is 0 Å². The van der Waals surface area contributed by atoms with Gasteiger partial charge in [0.15, 0.2) is 0 Å². The molecule has 1 saturated heterocycles. The number of methoxy groups -OCH3 is 1. The summed E-state index contributed by atoms with van der Waals surface area (Å²) in [4.78, 5) is 26.7. The molecule has 0 saturated carbocycles. The Morgan fingerprint density at radius 1 is 1.21 bits per heavy atom. The van der Waals surface area contributed by atoms with Gasteiger partial charge in [0, 0.05) is 56.5 Å². The minimum Gasteiger partial charge on any atom is -0.496 e. The number of nitro groups is 1. The van der Waals surface area contributed by atoms with Gasteiger partial charge in [0.25, 0.3) is 5.69 Å². The van der Waals surface area contributed by atoms with E-state index in [9.17, 15) is 19.3 Å². The molecule has 3 rings (SSSR count). The lowest BCUT2D eigenvalue weighted by molar-refractivity contribution is -0.384. The van der Waals surface area contributed by atoms with Gasteiger partial charge in [-0.05, 0) is 29.8 Å². The van der Waals surface area contributed by atoms with E-state index in [2.05, 4.69) is 4.90 Å². The van der Waals surface area contributed by atoms with Crippen molar-refractivity contribution in [2.45, 2.75) is 6.54 Å². The number of carbonyl (C=O) groups excluding carboxylic acids is 1. The van der Waals surface area contributed by atoms with Crippen molar-refractivity contribution in [2.75, 3.05) is 33.3 Å². The first-order chi connectivity index (χ1) is 14.0. The van der Waals surface area contributed by atoms with Crippen molar-refractivity contribution in [3.8, 4) is 5.75 Å². The molecule has 29 heavy (non-hydrogen) atoms. The number of nitro benzene ring substituents is 1. The van der Waals surface area contributed by atoms with Crippen LogP contribution in [0.1, 0.15) is 11.1 Å². The van der Waals surface area contributed by atoms with E-state index < -0.39 is 4.92 Å². The maximum absolute atomic E-state index is 13.5. The van der Waals surface area contributed by atoms with E-state index in [1.807, 2.05) is 0 Å². The molecule has 1 fully saturated rings. The second kappa shape index (κ2) is 9.29. The molecule has 152 valence electrons. The van der Waals surface area contributed by atoms with Crippen LogP contribution in [-0.2, 0) is 11.3 Å². The number of rotatable bonds is 6. The number of nitrogens with zero attached hydrogens (tertiary/aromatic N) is 3. The second-order valence-corrected chi connectivity index (χ2v) is 6.74. The zero-order chi connectivity index (χ0) is 20.8. The third-order valence-electron chi connectivity index (χ3n) is 4.82. The molecule has 2 aromatic rings. The summed E-state index contributed by atoms with van der Waals surface area (Å²) in [6.45, 7) is 2.98. The van der Waals surface area contributed by atoms with Gasteiger partial charge in [-0.1, -0.05) is 12.1 Å². The average molecular weight is 399 g/mol. The first-order valence-corrected chi connectivity index (χ1v) is 9.22. The minimum atomic E-state index is -0.466. The zero-order valence-electron chi connectivity index (χ0n) is 16.1. The predicted molar refractivity (Wildman–Crippen MR) is 107 cm³/mol. The average Bonchev–Trinajstić information content (AvgIpc) is 2.73. The van der Waals surface area contributed by atoms with Crippen molar-refractivity contribution in [2.24, 2.45) is 0 Å². The van der Waals surface area contributed by atoms with Crippen LogP contribution in [0, 0.1) is 15.9 Å². The topological polar surface area (TPSA) is 75.9 Å². The lowest BCUT2D eigenvalue weighted by Crippen LogP contribution is -2.47. The largest absolute Gasteiger partial charge is 0.496 e. The van der Waals surface area contributed by atoms with Gasteiger partial charge in [-0.15, -0.1) is 0 Å². The summed E-state index contributed by atoms with van der Waals surface area (Å²) in [6.07, 6.45) is 3.02. The quantitative estimate of drug-likeness (QED) is 0.424. The van der Waals surface area contributed by atoms with Crippen LogP contribution < -0.4 is 4.74 Å². The van der Waals surface area contributed by atoms with Crippen LogP contribution in [0.15, 0.2) is 48.5 Å². The van der Waals surface area contributed by atoms with E-state index in [0.29, 0.717) is 44.0 Å². The Morgan fingerprint density at radius 3 is 2.66 bits per heavy atom. The number of benzene rings is 2. The first-order valence-electron chi connectivity index (χ1n) is 9.22. The summed E-state index contributed by atoms with van der Waals surface area (Å²) in [5, 5.41) is 10.8. The van der Waals surface area contributed by atoms with Gasteiger partial charge in [-0.2, -0.15) is 0 Å². The summed E-state index contributed by atoms with van der Waals surface area (Å²) < 4.78 is 18.8. The molecular weight excluding hydrogens is 377 g/mol. The Balaban J connectivity index is 1.55. The summed E-state index contributed by atoms with van der Waals surface area (Å²) in [5.74, 6) is 0.199. The molecule has 0 aromatic heterocycles. The number of piperazine rings is 1. The van der Waals surface area contributed by atoms with E-state index in [0.717, 1.165) is 5.56 Å². The number of non-ortho nitro benzene ring substituents is 1. The molecule has 0 N–H and O–H groups in total. The molecule has 1 aliphatic heterocycles. The lowest BCUT2D eigenvalue weighted by Gasteiger charge is -2.34. The first kappa shape index (κ1) is 20.5. The molecule has 0 radical (unpaired) electrons. The smallest absolute Gasteiger partial charge is 0.270 e. The highest BCUT2D eigenvalue weighted by Crippen LogP contribution is 2.22. The number of halogens is 1. The van der Waals surface area contributed by atoms with Gasteiger partial charge in [-0.3, -0.25) is 19.8 Å². The van der Waals surface area contributed by atoms with Crippen molar-refractivity contribution in [1.82, 2.24) is 9.80 Å².